The molecular weight excluding hydrogens is 793 g/mol. The molecule has 0 aromatic heterocycles. The van der Waals surface area contributed by atoms with Crippen LogP contribution < -0.4 is 0 Å². The van der Waals surface area contributed by atoms with E-state index in [0.29, 0.717) is 19.3 Å². The van der Waals surface area contributed by atoms with Crippen molar-refractivity contribution in [1.29, 1.82) is 0 Å². The predicted octanol–water partition coefficient (Wildman–Crippen LogP) is 18.0. The van der Waals surface area contributed by atoms with Crippen molar-refractivity contribution in [3.8, 4) is 0 Å². The van der Waals surface area contributed by atoms with Crippen LogP contribution in [0.15, 0.2) is 60.8 Å². The molecule has 0 aliphatic rings. The smallest absolute Gasteiger partial charge is 0.306 e. The normalized spacial score (nSPS) is 12.5. The summed E-state index contributed by atoms with van der Waals surface area (Å²) in [6, 6.07) is 0. The molecule has 0 radical (unpaired) electrons. The van der Waals surface area contributed by atoms with Gasteiger partial charge in [0.1, 0.15) is 13.2 Å². The van der Waals surface area contributed by atoms with E-state index >= 15 is 0 Å². The minimum absolute atomic E-state index is 0.0863. The number of unbranched alkanes of at least 4 members (excludes halogenated alkanes) is 28. The van der Waals surface area contributed by atoms with Gasteiger partial charge in [0.2, 0.25) is 0 Å². The zero-order chi connectivity index (χ0) is 46.5. The Labute approximate surface area is 396 Å². The first-order valence-corrected chi connectivity index (χ1v) is 27.3. The van der Waals surface area contributed by atoms with Gasteiger partial charge in [0.25, 0.3) is 0 Å². The van der Waals surface area contributed by atoms with E-state index < -0.39 is 6.10 Å². The number of ether oxygens (including phenoxy) is 3. The molecule has 0 N–H and O–H groups in total. The lowest BCUT2D eigenvalue weighted by atomic mass is 10.1. The SMILES string of the molecule is CCCCC/C=C\C/C=C\CCCCCCCCCC(=O)OCC(COC(=O)CCCCCCC/C=C\CCCCCCC)OC(=O)CCCCCCC/C=C\C/C=C\CCCCC. The standard InChI is InChI=1S/C58H102O6/c1-4-7-10-13-16-19-22-25-28-29-31-33-36-39-42-45-48-51-57(60)63-54-55(53-62-56(59)50-47-44-41-38-35-32-27-24-21-18-15-12-9-6-3)64-58(61)52-49-46-43-40-37-34-30-26-23-20-17-14-11-8-5-2/h16-17,19-20,24-28,30,55H,4-15,18,21-23,29,31-54H2,1-3H3/b19-16-,20-17-,27-24-,28-25-,30-26-. The highest BCUT2D eigenvalue weighted by Gasteiger charge is 2.19. The second-order valence-electron chi connectivity index (χ2n) is 18.1. The van der Waals surface area contributed by atoms with Crippen molar-refractivity contribution in [3.63, 3.8) is 0 Å². The quantitative estimate of drug-likeness (QED) is 0.0262. The topological polar surface area (TPSA) is 78.9 Å². The lowest BCUT2D eigenvalue weighted by Crippen LogP contribution is -2.30. The number of carbonyl (C=O) groups excluding carboxylic acids is 3. The summed E-state index contributed by atoms with van der Waals surface area (Å²) in [4.78, 5) is 38.1. The summed E-state index contributed by atoms with van der Waals surface area (Å²) in [5, 5.41) is 0. The van der Waals surface area contributed by atoms with E-state index in [1.54, 1.807) is 0 Å². The average Bonchev–Trinajstić information content (AvgIpc) is 3.29. The third-order valence-electron chi connectivity index (χ3n) is 11.7. The van der Waals surface area contributed by atoms with Gasteiger partial charge in [0.05, 0.1) is 0 Å². The second kappa shape index (κ2) is 52.7. The average molecular weight is 895 g/mol. The molecule has 370 valence electrons. The maximum atomic E-state index is 12.8. The van der Waals surface area contributed by atoms with Crippen LogP contribution in [0, 0.1) is 0 Å². The highest BCUT2D eigenvalue weighted by molar-refractivity contribution is 5.71. The largest absolute Gasteiger partial charge is 0.462 e. The first-order valence-electron chi connectivity index (χ1n) is 27.3. The second-order valence-corrected chi connectivity index (χ2v) is 18.1. The number of esters is 3. The van der Waals surface area contributed by atoms with Gasteiger partial charge in [-0.3, -0.25) is 14.4 Å². The molecule has 0 spiro atoms. The van der Waals surface area contributed by atoms with Crippen LogP contribution in [-0.2, 0) is 28.6 Å². The Morgan fingerprint density at radius 3 is 0.906 bits per heavy atom. The Balaban J connectivity index is 4.42. The number of allylic oxidation sites excluding steroid dienone is 10. The highest BCUT2D eigenvalue weighted by Crippen LogP contribution is 2.14. The van der Waals surface area contributed by atoms with E-state index in [0.717, 1.165) is 103 Å². The summed E-state index contributed by atoms with van der Waals surface area (Å²) in [6.45, 7) is 6.56. The molecule has 0 fully saturated rings. The summed E-state index contributed by atoms with van der Waals surface area (Å²) in [5.74, 6) is -0.909. The van der Waals surface area contributed by atoms with Crippen LogP contribution in [0.2, 0.25) is 0 Å². The molecular formula is C58H102O6. The van der Waals surface area contributed by atoms with Crippen molar-refractivity contribution < 1.29 is 28.6 Å². The monoisotopic (exact) mass is 895 g/mol. The van der Waals surface area contributed by atoms with Gasteiger partial charge in [-0.1, -0.05) is 204 Å². The Morgan fingerprint density at radius 2 is 0.562 bits per heavy atom. The van der Waals surface area contributed by atoms with Gasteiger partial charge in [-0.2, -0.15) is 0 Å². The fraction of sp³-hybridized carbons (Fsp3) is 0.776. The van der Waals surface area contributed by atoms with Crippen LogP contribution in [0.3, 0.4) is 0 Å². The van der Waals surface area contributed by atoms with E-state index in [2.05, 4.69) is 81.5 Å². The number of hydrogen-bond donors (Lipinski definition) is 0. The maximum absolute atomic E-state index is 12.8. The molecule has 0 aliphatic heterocycles. The van der Waals surface area contributed by atoms with Crippen LogP contribution in [0.25, 0.3) is 0 Å². The minimum atomic E-state index is -0.787. The maximum Gasteiger partial charge on any atom is 0.306 e. The van der Waals surface area contributed by atoms with Gasteiger partial charge in [-0.25, -0.2) is 0 Å². The zero-order valence-corrected chi connectivity index (χ0v) is 42.3. The molecule has 0 aliphatic carbocycles. The summed E-state index contributed by atoms with van der Waals surface area (Å²) >= 11 is 0. The van der Waals surface area contributed by atoms with Gasteiger partial charge >= 0.3 is 17.9 Å². The van der Waals surface area contributed by atoms with E-state index in [-0.39, 0.29) is 31.1 Å². The summed E-state index contributed by atoms with van der Waals surface area (Å²) < 4.78 is 16.8. The van der Waals surface area contributed by atoms with E-state index in [1.807, 2.05) is 0 Å². The Morgan fingerprint density at radius 1 is 0.312 bits per heavy atom. The third-order valence-corrected chi connectivity index (χ3v) is 11.7. The first-order chi connectivity index (χ1) is 31.5. The van der Waals surface area contributed by atoms with Gasteiger partial charge < -0.3 is 14.2 Å². The van der Waals surface area contributed by atoms with Crippen molar-refractivity contribution in [1.82, 2.24) is 0 Å². The lowest BCUT2D eigenvalue weighted by Gasteiger charge is -2.18. The first kappa shape index (κ1) is 61.1. The number of hydrogen-bond acceptors (Lipinski definition) is 6. The summed E-state index contributed by atoms with van der Waals surface area (Å²) in [5.41, 5.74) is 0. The molecule has 6 heteroatoms. The predicted molar refractivity (Wildman–Crippen MR) is 275 cm³/mol. The number of carbonyl (C=O) groups is 3. The van der Waals surface area contributed by atoms with Crippen LogP contribution in [0.5, 0.6) is 0 Å². The van der Waals surface area contributed by atoms with Gasteiger partial charge in [0.15, 0.2) is 6.10 Å². The fourth-order valence-corrected chi connectivity index (χ4v) is 7.56. The molecule has 0 aromatic carbocycles. The van der Waals surface area contributed by atoms with Crippen LogP contribution in [0.1, 0.15) is 271 Å². The molecule has 0 bridgehead atoms. The molecule has 64 heavy (non-hydrogen) atoms. The number of rotatable bonds is 49. The summed E-state index contributed by atoms with van der Waals surface area (Å²) in [7, 11) is 0. The van der Waals surface area contributed by atoms with E-state index in [1.165, 1.54) is 128 Å². The van der Waals surface area contributed by atoms with Crippen molar-refractivity contribution in [2.75, 3.05) is 13.2 Å². The molecule has 0 saturated carbocycles. The van der Waals surface area contributed by atoms with Crippen molar-refractivity contribution in [2.24, 2.45) is 0 Å². The molecule has 0 aromatic rings. The fourth-order valence-electron chi connectivity index (χ4n) is 7.56. The van der Waals surface area contributed by atoms with E-state index in [9.17, 15) is 14.4 Å². The van der Waals surface area contributed by atoms with E-state index in [4.69, 9.17) is 14.2 Å². The molecule has 0 saturated heterocycles. The Bertz CT molecular complexity index is 1170. The van der Waals surface area contributed by atoms with Crippen molar-refractivity contribution in [3.05, 3.63) is 60.8 Å². The van der Waals surface area contributed by atoms with Crippen LogP contribution >= 0.6 is 0 Å². The molecule has 0 amide bonds. The molecule has 0 heterocycles. The highest BCUT2D eigenvalue weighted by atomic mass is 16.6. The third kappa shape index (κ3) is 50.1. The Hall–Kier alpha value is -2.89. The molecule has 1 atom stereocenters. The lowest BCUT2D eigenvalue weighted by molar-refractivity contribution is -0.167. The van der Waals surface area contributed by atoms with Crippen LogP contribution in [0.4, 0.5) is 0 Å². The minimum Gasteiger partial charge on any atom is -0.462 e. The molecule has 6 nitrogen and oxygen atoms in total. The van der Waals surface area contributed by atoms with Gasteiger partial charge in [-0.05, 0) is 109 Å². The van der Waals surface area contributed by atoms with Crippen molar-refractivity contribution in [2.45, 2.75) is 277 Å². The Kier molecular flexibility index (Phi) is 50.4. The zero-order valence-electron chi connectivity index (χ0n) is 42.3. The molecule has 0 rings (SSSR count). The summed E-state index contributed by atoms with van der Waals surface area (Å²) in [6.07, 6.45) is 64.8. The molecule has 1 unspecified atom stereocenters. The van der Waals surface area contributed by atoms with Gasteiger partial charge in [-0.15, -0.1) is 0 Å². The van der Waals surface area contributed by atoms with Crippen LogP contribution in [-0.4, -0.2) is 37.2 Å². The van der Waals surface area contributed by atoms with Gasteiger partial charge in [0, 0.05) is 19.3 Å². The van der Waals surface area contributed by atoms with Crippen molar-refractivity contribution >= 4 is 17.9 Å².